The van der Waals surface area contributed by atoms with Crippen LogP contribution < -0.4 is 4.90 Å². The summed E-state index contributed by atoms with van der Waals surface area (Å²) in [6, 6.07) is 20.2. The second-order valence-electron chi connectivity index (χ2n) is 7.88. The highest BCUT2D eigenvalue weighted by Gasteiger charge is 2.31. The molecule has 4 rings (SSSR count). The summed E-state index contributed by atoms with van der Waals surface area (Å²) >= 11 is 0. The molecule has 0 spiro atoms. The maximum Gasteiger partial charge on any atom is 0.258 e. The molecule has 1 unspecified atom stereocenters. The Bertz CT molecular complexity index is 1190. The molecule has 1 aliphatic rings. The Morgan fingerprint density at radius 3 is 2.50 bits per heavy atom. The van der Waals surface area contributed by atoms with Gasteiger partial charge in [-0.2, -0.15) is 4.31 Å². The van der Waals surface area contributed by atoms with E-state index in [1.807, 2.05) is 49.4 Å². The molecule has 3 aromatic rings. The number of carbonyl (C=O) groups excluding carboxylic acids is 1. The van der Waals surface area contributed by atoms with Crippen LogP contribution in [0.25, 0.3) is 10.8 Å². The lowest BCUT2D eigenvalue weighted by Crippen LogP contribution is -2.42. The molecule has 5 nitrogen and oxygen atoms in total. The van der Waals surface area contributed by atoms with Crippen molar-refractivity contribution >= 4 is 32.4 Å². The molecule has 0 aliphatic carbocycles. The van der Waals surface area contributed by atoms with Crippen molar-refractivity contribution in [3.05, 3.63) is 72.3 Å². The largest absolute Gasteiger partial charge is 0.311 e. The molecule has 3 aromatic carbocycles. The number of nitrogens with zero attached hydrogens (tertiary/aromatic N) is 2. The zero-order valence-electron chi connectivity index (χ0n) is 17.3. The highest BCUT2D eigenvalue weighted by Crippen LogP contribution is 2.27. The van der Waals surface area contributed by atoms with Gasteiger partial charge in [0.25, 0.3) is 5.91 Å². The number of rotatable bonds is 4. The summed E-state index contributed by atoms with van der Waals surface area (Å²) in [7, 11) is -1.92. The van der Waals surface area contributed by atoms with Crippen molar-refractivity contribution in [3.8, 4) is 0 Å². The summed E-state index contributed by atoms with van der Waals surface area (Å²) in [5, 5.41) is 2.15. The Balaban J connectivity index is 1.63. The number of hydrogen-bond acceptors (Lipinski definition) is 3. The number of anilines is 1. The van der Waals surface area contributed by atoms with Crippen LogP contribution in [0.1, 0.15) is 36.5 Å². The van der Waals surface area contributed by atoms with Crippen LogP contribution >= 0.6 is 0 Å². The van der Waals surface area contributed by atoms with Gasteiger partial charge < -0.3 is 4.90 Å². The summed E-state index contributed by atoms with van der Waals surface area (Å²) in [5.74, 6) is -0.242. The number of amides is 1. The van der Waals surface area contributed by atoms with E-state index >= 15 is 0 Å². The molecule has 0 bridgehead atoms. The summed E-state index contributed by atoms with van der Waals surface area (Å²) in [5.41, 5.74) is 1.12. The number of benzene rings is 3. The lowest BCUT2D eigenvalue weighted by Gasteiger charge is -2.32. The first-order chi connectivity index (χ1) is 14.4. The van der Waals surface area contributed by atoms with Gasteiger partial charge in [0, 0.05) is 30.9 Å². The van der Waals surface area contributed by atoms with Crippen LogP contribution in [0.3, 0.4) is 0 Å². The standard InChI is InChI=1S/C24H26N2O3S/c1-18-8-5-6-15-26(18)30(28,29)23-12-7-11-21(17-23)24(27)25(2)22-14-13-19-9-3-4-10-20(19)16-22/h3-4,7,9-14,16-18H,5-6,8,15H2,1-2H3. The van der Waals surface area contributed by atoms with Gasteiger partial charge >= 0.3 is 0 Å². The van der Waals surface area contributed by atoms with E-state index in [1.165, 1.54) is 6.07 Å². The highest BCUT2D eigenvalue weighted by molar-refractivity contribution is 7.89. The van der Waals surface area contributed by atoms with Gasteiger partial charge in [0.2, 0.25) is 10.0 Å². The average molecular weight is 423 g/mol. The van der Waals surface area contributed by atoms with Crippen LogP contribution in [0.4, 0.5) is 5.69 Å². The van der Waals surface area contributed by atoms with Gasteiger partial charge in [-0.25, -0.2) is 8.42 Å². The topological polar surface area (TPSA) is 57.7 Å². The Kier molecular flexibility index (Phi) is 5.62. The predicted octanol–water partition coefficient (Wildman–Crippen LogP) is 4.68. The van der Waals surface area contributed by atoms with E-state index in [-0.39, 0.29) is 16.8 Å². The number of fused-ring (bicyclic) bond motifs is 1. The Hall–Kier alpha value is -2.70. The Labute approximate surface area is 178 Å². The fraction of sp³-hybridized carbons (Fsp3) is 0.292. The monoisotopic (exact) mass is 422 g/mol. The smallest absolute Gasteiger partial charge is 0.258 e. The van der Waals surface area contributed by atoms with Gasteiger partial charge in [-0.3, -0.25) is 4.79 Å². The average Bonchev–Trinajstić information content (AvgIpc) is 2.78. The second kappa shape index (κ2) is 8.20. The summed E-state index contributed by atoms with van der Waals surface area (Å²) in [4.78, 5) is 14.9. The zero-order chi connectivity index (χ0) is 21.3. The number of piperidine rings is 1. The van der Waals surface area contributed by atoms with Crippen LogP contribution in [0.2, 0.25) is 0 Å². The molecular weight excluding hydrogens is 396 g/mol. The molecule has 6 heteroatoms. The van der Waals surface area contributed by atoms with Gasteiger partial charge in [-0.05, 0) is 60.9 Å². The summed E-state index contributed by atoms with van der Waals surface area (Å²) in [6.07, 6.45) is 2.78. The zero-order valence-corrected chi connectivity index (χ0v) is 18.1. The van der Waals surface area contributed by atoms with E-state index in [0.717, 1.165) is 35.7 Å². The lowest BCUT2D eigenvalue weighted by atomic mass is 10.1. The van der Waals surface area contributed by atoms with Gasteiger partial charge in [0.15, 0.2) is 0 Å². The van der Waals surface area contributed by atoms with Crippen molar-refractivity contribution in [2.75, 3.05) is 18.5 Å². The molecule has 0 aromatic heterocycles. The molecule has 1 fully saturated rings. The molecule has 0 N–H and O–H groups in total. The van der Waals surface area contributed by atoms with E-state index in [2.05, 4.69) is 0 Å². The first-order valence-corrected chi connectivity index (χ1v) is 11.7. The van der Waals surface area contributed by atoms with Crippen LogP contribution in [-0.2, 0) is 10.0 Å². The molecule has 1 heterocycles. The molecular formula is C24H26N2O3S. The van der Waals surface area contributed by atoms with Gasteiger partial charge in [-0.15, -0.1) is 0 Å². The third-order valence-corrected chi connectivity index (χ3v) is 7.86. The second-order valence-corrected chi connectivity index (χ2v) is 9.77. The summed E-state index contributed by atoms with van der Waals surface area (Å²) in [6.45, 7) is 2.47. The van der Waals surface area contributed by atoms with Crippen molar-refractivity contribution in [3.63, 3.8) is 0 Å². The normalized spacial score (nSPS) is 17.7. The van der Waals surface area contributed by atoms with Crippen molar-refractivity contribution < 1.29 is 13.2 Å². The van der Waals surface area contributed by atoms with Crippen molar-refractivity contribution in [2.45, 2.75) is 37.1 Å². The fourth-order valence-electron chi connectivity index (χ4n) is 4.05. The lowest BCUT2D eigenvalue weighted by molar-refractivity contribution is 0.0993. The minimum atomic E-state index is -3.62. The van der Waals surface area contributed by atoms with E-state index in [9.17, 15) is 13.2 Å². The highest BCUT2D eigenvalue weighted by atomic mass is 32.2. The molecule has 1 aliphatic heterocycles. The number of hydrogen-bond donors (Lipinski definition) is 0. The SMILES string of the molecule is CC1CCCCN1S(=O)(=O)c1cccc(C(=O)N(C)c2ccc3ccccc3c2)c1. The molecule has 1 atom stereocenters. The number of sulfonamides is 1. The maximum atomic E-state index is 13.2. The minimum Gasteiger partial charge on any atom is -0.311 e. The van der Waals surface area contributed by atoms with E-state index in [4.69, 9.17) is 0 Å². The third kappa shape index (κ3) is 3.85. The third-order valence-electron chi connectivity index (χ3n) is 5.85. The van der Waals surface area contributed by atoms with Crippen molar-refractivity contribution in [1.82, 2.24) is 4.31 Å². The van der Waals surface area contributed by atoms with Crippen LogP contribution in [-0.4, -0.2) is 38.3 Å². The van der Waals surface area contributed by atoms with Crippen LogP contribution in [0.5, 0.6) is 0 Å². The molecule has 30 heavy (non-hydrogen) atoms. The van der Waals surface area contributed by atoms with Gasteiger partial charge in [0.1, 0.15) is 0 Å². The maximum absolute atomic E-state index is 13.2. The van der Waals surface area contributed by atoms with Gasteiger partial charge in [0.05, 0.1) is 4.90 Å². The first kappa shape index (κ1) is 20.6. The molecule has 1 amide bonds. The van der Waals surface area contributed by atoms with Crippen LogP contribution in [0.15, 0.2) is 71.6 Å². The van der Waals surface area contributed by atoms with E-state index in [0.29, 0.717) is 12.1 Å². The first-order valence-electron chi connectivity index (χ1n) is 10.3. The fourth-order valence-corrected chi connectivity index (χ4v) is 5.80. The predicted molar refractivity (Wildman–Crippen MR) is 120 cm³/mol. The minimum absolute atomic E-state index is 0.0246. The quantitative estimate of drug-likeness (QED) is 0.613. The van der Waals surface area contributed by atoms with E-state index in [1.54, 1.807) is 34.5 Å². The van der Waals surface area contributed by atoms with Crippen LogP contribution in [0, 0.1) is 0 Å². The summed E-state index contributed by atoms with van der Waals surface area (Å²) < 4.78 is 27.9. The molecule has 156 valence electrons. The van der Waals surface area contributed by atoms with Gasteiger partial charge in [-0.1, -0.05) is 42.8 Å². The number of carbonyl (C=O) groups is 1. The Morgan fingerprint density at radius 1 is 0.967 bits per heavy atom. The molecule has 0 saturated carbocycles. The Morgan fingerprint density at radius 2 is 1.73 bits per heavy atom. The molecule has 1 saturated heterocycles. The molecule has 0 radical (unpaired) electrons. The van der Waals surface area contributed by atoms with Crippen molar-refractivity contribution in [2.24, 2.45) is 0 Å². The van der Waals surface area contributed by atoms with E-state index < -0.39 is 10.0 Å². The van der Waals surface area contributed by atoms with Crippen molar-refractivity contribution in [1.29, 1.82) is 0 Å².